The Morgan fingerprint density at radius 3 is 2.76 bits per heavy atom. The third-order valence-electron chi connectivity index (χ3n) is 2.98. The molecule has 0 fully saturated rings. The number of pyridine rings is 1. The van der Waals surface area contributed by atoms with Crippen LogP contribution in [-0.4, -0.2) is 42.1 Å². The van der Waals surface area contributed by atoms with Crippen molar-refractivity contribution in [2.75, 3.05) is 25.0 Å². The molecule has 0 aliphatic rings. The highest BCUT2D eigenvalue weighted by Crippen LogP contribution is 2.12. The predicted octanol–water partition coefficient (Wildman–Crippen LogP) is 1.79. The minimum Gasteiger partial charge on any atom is -0.481 e. The van der Waals surface area contributed by atoms with E-state index in [-0.39, 0.29) is 24.8 Å². The number of anilines is 1. The smallest absolute Gasteiger partial charge is 0.303 e. The SMILES string of the molecule is CC(CCC(=O)O)CNC(=O)CN(C)c1ccc(Cl)cn1. The number of nitrogens with one attached hydrogen (secondary N) is 1. The molecule has 1 atom stereocenters. The highest BCUT2D eigenvalue weighted by atomic mass is 35.5. The van der Waals surface area contributed by atoms with E-state index in [0.717, 1.165) is 0 Å². The van der Waals surface area contributed by atoms with E-state index in [1.807, 2.05) is 6.92 Å². The fourth-order valence-electron chi connectivity index (χ4n) is 1.71. The molecule has 2 N–H and O–H groups in total. The van der Waals surface area contributed by atoms with E-state index in [2.05, 4.69) is 10.3 Å². The van der Waals surface area contributed by atoms with Crippen LogP contribution in [0, 0.1) is 5.92 Å². The molecule has 0 radical (unpaired) electrons. The zero-order valence-corrected chi connectivity index (χ0v) is 12.9. The summed E-state index contributed by atoms with van der Waals surface area (Å²) in [6, 6.07) is 3.46. The predicted molar refractivity (Wildman–Crippen MR) is 81.6 cm³/mol. The summed E-state index contributed by atoms with van der Waals surface area (Å²) >= 11 is 5.76. The van der Waals surface area contributed by atoms with Crippen molar-refractivity contribution in [2.24, 2.45) is 5.92 Å². The molecule has 1 aromatic rings. The molecule has 0 aliphatic carbocycles. The van der Waals surface area contributed by atoms with Crippen LogP contribution in [0.3, 0.4) is 0 Å². The Bertz CT molecular complexity index is 479. The van der Waals surface area contributed by atoms with Gasteiger partial charge in [-0.15, -0.1) is 0 Å². The third-order valence-corrected chi connectivity index (χ3v) is 3.21. The molecule has 0 aromatic carbocycles. The van der Waals surface area contributed by atoms with Crippen LogP contribution >= 0.6 is 11.6 Å². The maximum absolute atomic E-state index is 11.8. The molecule has 1 amide bonds. The van der Waals surface area contributed by atoms with Crippen LogP contribution in [0.2, 0.25) is 5.02 Å². The van der Waals surface area contributed by atoms with Gasteiger partial charge >= 0.3 is 5.97 Å². The monoisotopic (exact) mass is 313 g/mol. The number of likely N-dealkylation sites (N-methyl/N-ethyl adjacent to an activating group) is 1. The second-order valence-corrected chi connectivity index (χ2v) is 5.47. The molecule has 116 valence electrons. The molecule has 0 bridgehead atoms. The largest absolute Gasteiger partial charge is 0.481 e. The average molecular weight is 314 g/mol. The van der Waals surface area contributed by atoms with Crippen molar-refractivity contribution in [3.63, 3.8) is 0 Å². The Balaban J connectivity index is 2.32. The van der Waals surface area contributed by atoms with Crippen LogP contribution < -0.4 is 10.2 Å². The summed E-state index contributed by atoms with van der Waals surface area (Å²) < 4.78 is 0. The van der Waals surface area contributed by atoms with E-state index < -0.39 is 5.97 Å². The second kappa shape index (κ2) is 8.46. The van der Waals surface area contributed by atoms with E-state index in [9.17, 15) is 9.59 Å². The maximum Gasteiger partial charge on any atom is 0.303 e. The Morgan fingerprint density at radius 1 is 1.48 bits per heavy atom. The minimum absolute atomic E-state index is 0.117. The van der Waals surface area contributed by atoms with Gasteiger partial charge < -0.3 is 15.3 Å². The molecule has 0 aliphatic heterocycles. The molecular weight excluding hydrogens is 294 g/mol. The van der Waals surface area contributed by atoms with Gasteiger partial charge in [0.1, 0.15) is 5.82 Å². The molecule has 1 heterocycles. The molecule has 21 heavy (non-hydrogen) atoms. The third kappa shape index (κ3) is 6.94. The lowest BCUT2D eigenvalue weighted by atomic mass is 10.1. The number of hydrogen-bond acceptors (Lipinski definition) is 4. The first-order valence-electron chi connectivity index (χ1n) is 6.69. The van der Waals surface area contributed by atoms with E-state index in [4.69, 9.17) is 16.7 Å². The summed E-state index contributed by atoms with van der Waals surface area (Å²) in [5.74, 6) is -0.157. The summed E-state index contributed by atoms with van der Waals surface area (Å²) in [4.78, 5) is 28.1. The lowest BCUT2D eigenvalue weighted by Gasteiger charge is -2.18. The highest BCUT2D eigenvalue weighted by molar-refractivity contribution is 6.30. The molecule has 0 spiro atoms. The quantitative estimate of drug-likeness (QED) is 0.764. The van der Waals surface area contributed by atoms with Crippen LogP contribution in [0.15, 0.2) is 18.3 Å². The number of nitrogens with zero attached hydrogens (tertiary/aromatic N) is 2. The number of carbonyl (C=O) groups excluding carboxylic acids is 1. The Kier molecular flexibility index (Phi) is 6.94. The van der Waals surface area contributed by atoms with Gasteiger partial charge in [0, 0.05) is 26.2 Å². The molecule has 1 rings (SSSR count). The lowest BCUT2D eigenvalue weighted by Crippen LogP contribution is -2.37. The van der Waals surface area contributed by atoms with E-state index in [0.29, 0.717) is 23.8 Å². The molecule has 7 heteroatoms. The number of carbonyl (C=O) groups is 2. The standard InChI is InChI=1S/C14H20ClN3O3/c1-10(3-6-14(20)21)7-17-13(19)9-18(2)12-5-4-11(15)8-16-12/h4-5,8,10H,3,6-7,9H2,1-2H3,(H,17,19)(H,20,21). The average Bonchev–Trinajstić information content (AvgIpc) is 2.43. The topological polar surface area (TPSA) is 82.5 Å². The molecule has 0 saturated carbocycles. The first-order valence-corrected chi connectivity index (χ1v) is 7.07. The summed E-state index contributed by atoms with van der Waals surface area (Å²) in [7, 11) is 1.77. The maximum atomic E-state index is 11.8. The zero-order valence-electron chi connectivity index (χ0n) is 12.2. The van der Waals surface area contributed by atoms with Crippen molar-refractivity contribution in [1.82, 2.24) is 10.3 Å². The number of rotatable bonds is 8. The van der Waals surface area contributed by atoms with Gasteiger partial charge in [-0.1, -0.05) is 18.5 Å². The molecular formula is C14H20ClN3O3. The van der Waals surface area contributed by atoms with Crippen LogP contribution in [0.4, 0.5) is 5.82 Å². The van der Waals surface area contributed by atoms with E-state index >= 15 is 0 Å². The van der Waals surface area contributed by atoms with Gasteiger partial charge in [-0.25, -0.2) is 4.98 Å². The fourth-order valence-corrected chi connectivity index (χ4v) is 1.82. The van der Waals surface area contributed by atoms with Crippen LogP contribution in [0.1, 0.15) is 19.8 Å². The van der Waals surface area contributed by atoms with Crippen LogP contribution in [0.25, 0.3) is 0 Å². The van der Waals surface area contributed by atoms with Crippen molar-refractivity contribution in [1.29, 1.82) is 0 Å². The first-order chi connectivity index (χ1) is 9.88. The number of carboxylic acid groups (broad SMARTS) is 1. The van der Waals surface area contributed by atoms with Gasteiger partial charge in [-0.3, -0.25) is 9.59 Å². The minimum atomic E-state index is -0.818. The molecule has 1 unspecified atom stereocenters. The normalized spacial score (nSPS) is 11.8. The summed E-state index contributed by atoms with van der Waals surface area (Å²) in [5, 5.41) is 11.9. The van der Waals surface area contributed by atoms with E-state index in [1.165, 1.54) is 6.20 Å². The van der Waals surface area contributed by atoms with Gasteiger partial charge in [-0.05, 0) is 24.5 Å². The fraction of sp³-hybridized carbons (Fsp3) is 0.500. The van der Waals surface area contributed by atoms with Gasteiger partial charge in [0.2, 0.25) is 5.91 Å². The van der Waals surface area contributed by atoms with E-state index in [1.54, 1.807) is 24.1 Å². The van der Waals surface area contributed by atoms with Crippen molar-refractivity contribution in [3.05, 3.63) is 23.4 Å². The molecule has 1 aromatic heterocycles. The zero-order chi connectivity index (χ0) is 15.8. The summed E-state index contributed by atoms with van der Waals surface area (Å²) in [6.07, 6.45) is 2.19. The Hall–Kier alpha value is -1.82. The Morgan fingerprint density at radius 2 is 2.19 bits per heavy atom. The first kappa shape index (κ1) is 17.2. The van der Waals surface area contributed by atoms with Crippen molar-refractivity contribution < 1.29 is 14.7 Å². The molecule has 6 nitrogen and oxygen atoms in total. The van der Waals surface area contributed by atoms with Crippen molar-refractivity contribution in [2.45, 2.75) is 19.8 Å². The number of aromatic nitrogens is 1. The number of halogens is 1. The van der Waals surface area contributed by atoms with Crippen LogP contribution in [-0.2, 0) is 9.59 Å². The van der Waals surface area contributed by atoms with Gasteiger partial charge in [0.25, 0.3) is 0 Å². The number of aliphatic carboxylic acids is 1. The van der Waals surface area contributed by atoms with Crippen LogP contribution in [0.5, 0.6) is 0 Å². The second-order valence-electron chi connectivity index (χ2n) is 5.03. The van der Waals surface area contributed by atoms with Gasteiger partial charge in [-0.2, -0.15) is 0 Å². The Labute approximate surface area is 129 Å². The number of hydrogen-bond donors (Lipinski definition) is 2. The summed E-state index contributed by atoms with van der Waals surface area (Å²) in [5.41, 5.74) is 0. The van der Waals surface area contributed by atoms with Gasteiger partial charge in [0.05, 0.1) is 11.6 Å². The summed E-state index contributed by atoms with van der Waals surface area (Å²) in [6.45, 7) is 2.56. The highest BCUT2D eigenvalue weighted by Gasteiger charge is 2.10. The van der Waals surface area contributed by atoms with Gasteiger partial charge in [0.15, 0.2) is 0 Å². The molecule has 0 saturated heterocycles. The number of carboxylic acids is 1. The van der Waals surface area contributed by atoms with Crippen molar-refractivity contribution in [3.8, 4) is 0 Å². The van der Waals surface area contributed by atoms with Crippen molar-refractivity contribution >= 4 is 29.3 Å². The number of amides is 1. The lowest BCUT2D eigenvalue weighted by molar-refractivity contribution is -0.137.